The Kier molecular flexibility index (Phi) is 5.95. The van der Waals surface area contributed by atoms with Crippen molar-refractivity contribution in [3.8, 4) is 11.5 Å². The first-order valence-corrected chi connectivity index (χ1v) is 10.3. The molecule has 0 saturated carbocycles. The number of furan rings is 1. The van der Waals surface area contributed by atoms with Crippen molar-refractivity contribution >= 4 is 16.9 Å². The Bertz CT molecular complexity index is 1040. The third-order valence-electron chi connectivity index (χ3n) is 5.68. The molecule has 1 saturated heterocycles. The van der Waals surface area contributed by atoms with Crippen molar-refractivity contribution in [2.45, 2.75) is 32.4 Å². The van der Waals surface area contributed by atoms with Crippen LogP contribution in [0.15, 0.2) is 46.9 Å². The van der Waals surface area contributed by atoms with Crippen LogP contribution in [0, 0.1) is 0 Å². The molecular weight excluding hydrogens is 382 g/mol. The average molecular weight is 409 g/mol. The van der Waals surface area contributed by atoms with Crippen molar-refractivity contribution in [3.05, 3.63) is 59.4 Å². The van der Waals surface area contributed by atoms with Crippen molar-refractivity contribution in [1.29, 1.82) is 0 Å². The van der Waals surface area contributed by atoms with E-state index >= 15 is 0 Å². The van der Waals surface area contributed by atoms with Gasteiger partial charge in [-0.05, 0) is 50.6 Å². The highest BCUT2D eigenvalue weighted by Gasteiger charge is 2.32. The number of hydrogen-bond acceptors (Lipinski definition) is 6. The van der Waals surface area contributed by atoms with Gasteiger partial charge in [-0.2, -0.15) is 0 Å². The molecular formula is C24H27NO5. The molecule has 0 bridgehead atoms. The molecule has 0 amide bonds. The van der Waals surface area contributed by atoms with E-state index in [4.69, 9.17) is 18.6 Å². The second kappa shape index (κ2) is 8.79. The molecule has 3 aromatic rings. The molecule has 30 heavy (non-hydrogen) atoms. The molecule has 1 aliphatic rings. The molecule has 1 aliphatic heterocycles. The minimum absolute atomic E-state index is 0.166. The first-order valence-electron chi connectivity index (χ1n) is 10.3. The Morgan fingerprint density at radius 1 is 1.17 bits per heavy atom. The van der Waals surface area contributed by atoms with Gasteiger partial charge >= 0.3 is 5.97 Å². The lowest BCUT2D eigenvalue weighted by Gasteiger charge is -2.26. The summed E-state index contributed by atoms with van der Waals surface area (Å²) in [6, 6.07) is 13.8. The van der Waals surface area contributed by atoms with Crippen LogP contribution in [-0.2, 0) is 11.3 Å². The van der Waals surface area contributed by atoms with E-state index in [0.717, 1.165) is 47.4 Å². The Morgan fingerprint density at radius 2 is 2.00 bits per heavy atom. The number of rotatable bonds is 7. The molecule has 6 nitrogen and oxygen atoms in total. The largest absolute Gasteiger partial charge is 0.497 e. The van der Waals surface area contributed by atoms with Crippen molar-refractivity contribution < 1.29 is 23.4 Å². The zero-order chi connectivity index (χ0) is 21.1. The number of esters is 1. The van der Waals surface area contributed by atoms with Crippen molar-refractivity contribution in [2.24, 2.45) is 0 Å². The van der Waals surface area contributed by atoms with Crippen LogP contribution in [0.4, 0.5) is 0 Å². The lowest BCUT2D eigenvalue weighted by atomic mass is 10.0. The molecule has 6 heteroatoms. The zero-order valence-corrected chi connectivity index (χ0v) is 17.6. The van der Waals surface area contributed by atoms with Gasteiger partial charge in [-0.15, -0.1) is 0 Å². The van der Waals surface area contributed by atoms with E-state index < -0.39 is 5.97 Å². The number of ether oxygens (including phenoxy) is 3. The first kappa shape index (κ1) is 20.3. The summed E-state index contributed by atoms with van der Waals surface area (Å²) in [5.74, 6) is 1.52. The van der Waals surface area contributed by atoms with E-state index in [9.17, 15) is 4.79 Å². The molecule has 2 aromatic carbocycles. The Labute approximate surface area is 176 Å². The normalized spacial score (nSPS) is 16.7. The minimum Gasteiger partial charge on any atom is -0.497 e. The number of carbonyl (C=O) groups is 1. The van der Waals surface area contributed by atoms with Crippen LogP contribution >= 0.6 is 0 Å². The molecule has 0 unspecified atom stereocenters. The van der Waals surface area contributed by atoms with Gasteiger partial charge in [0.05, 0.1) is 20.8 Å². The fourth-order valence-corrected chi connectivity index (χ4v) is 4.29. The summed E-state index contributed by atoms with van der Waals surface area (Å²) in [4.78, 5) is 14.9. The van der Waals surface area contributed by atoms with Crippen LogP contribution in [0.25, 0.3) is 11.0 Å². The van der Waals surface area contributed by atoms with Gasteiger partial charge in [-0.3, -0.25) is 4.90 Å². The average Bonchev–Trinajstić information content (AvgIpc) is 3.38. The van der Waals surface area contributed by atoms with Gasteiger partial charge in [0.25, 0.3) is 0 Å². The number of carbonyl (C=O) groups excluding carboxylic acids is 1. The standard InChI is InChI=1S/C24H27NO5/c1-4-29-24(26)23-19(17-8-5-6-10-22(17)30-23)15-25-13-7-9-20(25)18-14-16(27-2)11-12-21(18)28-3/h5-6,8,10-12,14,20H,4,7,9,13,15H2,1-3H3/t20-/m1/s1. The zero-order valence-electron chi connectivity index (χ0n) is 17.6. The summed E-state index contributed by atoms with van der Waals surface area (Å²) in [5, 5.41) is 0.948. The van der Waals surface area contributed by atoms with Crippen molar-refractivity contribution in [2.75, 3.05) is 27.4 Å². The van der Waals surface area contributed by atoms with E-state index in [1.807, 2.05) is 42.5 Å². The Morgan fingerprint density at radius 3 is 2.77 bits per heavy atom. The van der Waals surface area contributed by atoms with Crippen LogP contribution in [-0.4, -0.2) is 38.2 Å². The molecule has 1 aromatic heterocycles. The number of methoxy groups -OCH3 is 2. The van der Waals surface area contributed by atoms with E-state index in [2.05, 4.69) is 4.90 Å². The van der Waals surface area contributed by atoms with Gasteiger partial charge in [-0.25, -0.2) is 4.79 Å². The third kappa shape index (κ3) is 3.75. The molecule has 158 valence electrons. The van der Waals surface area contributed by atoms with E-state index in [-0.39, 0.29) is 6.04 Å². The Balaban J connectivity index is 1.71. The first-order chi connectivity index (χ1) is 14.7. The molecule has 4 rings (SSSR count). The maximum absolute atomic E-state index is 12.6. The summed E-state index contributed by atoms with van der Waals surface area (Å²) in [7, 11) is 3.36. The summed E-state index contributed by atoms with van der Waals surface area (Å²) in [5.41, 5.74) is 2.67. The molecule has 0 N–H and O–H groups in total. The lowest BCUT2D eigenvalue weighted by Crippen LogP contribution is -2.24. The number of likely N-dealkylation sites (tertiary alicyclic amines) is 1. The monoisotopic (exact) mass is 409 g/mol. The van der Waals surface area contributed by atoms with E-state index in [1.54, 1.807) is 21.1 Å². The maximum Gasteiger partial charge on any atom is 0.374 e. The fraction of sp³-hybridized carbons (Fsp3) is 0.375. The van der Waals surface area contributed by atoms with Crippen LogP contribution < -0.4 is 9.47 Å². The smallest absolute Gasteiger partial charge is 0.374 e. The van der Waals surface area contributed by atoms with Gasteiger partial charge in [0, 0.05) is 29.1 Å². The van der Waals surface area contributed by atoms with Gasteiger partial charge < -0.3 is 18.6 Å². The third-order valence-corrected chi connectivity index (χ3v) is 5.68. The molecule has 0 radical (unpaired) electrons. The topological polar surface area (TPSA) is 61.1 Å². The molecule has 1 fully saturated rings. The quantitative estimate of drug-likeness (QED) is 0.514. The second-order valence-electron chi connectivity index (χ2n) is 7.36. The van der Waals surface area contributed by atoms with E-state index in [0.29, 0.717) is 24.5 Å². The molecule has 0 aliphatic carbocycles. The van der Waals surface area contributed by atoms with Gasteiger partial charge in [0.15, 0.2) is 0 Å². The maximum atomic E-state index is 12.6. The lowest BCUT2D eigenvalue weighted by molar-refractivity contribution is 0.0489. The summed E-state index contributed by atoms with van der Waals surface area (Å²) >= 11 is 0. The van der Waals surface area contributed by atoms with Crippen LogP contribution in [0.1, 0.15) is 47.5 Å². The molecule has 0 spiro atoms. The van der Waals surface area contributed by atoms with Gasteiger partial charge in [0.1, 0.15) is 17.1 Å². The SMILES string of the molecule is CCOC(=O)c1oc2ccccc2c1CN1CCC[C@@H]1c1cc(OC)ccc1OC. The number of hydrogen-bond donors (Lipinski definition) is 0. The number of fused-ring (bicyclic) bond motifs is 1. The summed E-state index contributed by atoms with van der Waals surface area (Å²) in [6.45, 7) is 3.62. The minimum atomic E-state index is -0.418. The summed E-state index contributed by atoms with van der Waals surface area (Å²) < 4.78 is 22.2. The predicted molar refractivity (Wildman–Crippen MR) is 114 cm³/mol. The van der Waals surface area contributed by atoms with Crippen LogP contribution in [0.5, 0.6) is 11.5 Å². The van der Waals surface area contributed by atoms with Crippen molar-refractivity contribution in [1.82, 2.24) is 4.90 Å². The number of nitrogens with zero attached hydrogens (tertiary/aromatic N) is 1. The van der Waals surface area contributed by atoms with Gasteiger partial charge in [0.2, 0.25) is 5.76 Å². The highest BCUT2D eigenvalue weighted by molar-refractivity contribution is 5.96. The van der Waals surface area contributed by atoms with Crippen LogP contribution in [0.3, 0.4) is 0 Å². The highest BCUT2D eigenvalue weighted by Crippen LogP contribution is 2.40. The predicted octanol–water partition coefficient (Wildman–Crippen LogP) is 4.96. The Hall–Kier alpha value is -2.99. The van der Waals surface area contributed by atoms with Gasteiger partial charge in [-0.1, -0.05) is 18.2 Å². The van der Waals surface area contributed by atoms with Crippen molar-refractivity contribution in [3.63, 3.8) is 0 Å². The summed E-state index contributed by atoms with van der Waals surface area (Å²) in [6.07, 6.45) is 2.07. The second-order valence-corrected chi connectivity index (χ2v) is 7.36. The van der Waals surface area contributed by atoms with E-state index in [1.165, 1.54) is 0 Å². The van der Waals surface area contributed by atoms with Crippen LogP contribution in [0.2, 0.25) is 0 Å². The number of para-hydroxylation sites is 1. The molecule has 1 atom stereocenters. The highest BCUT2D eigenvalue weighted by atomic mass is 16.5. The number of benzene rings is 2. The fourth-order valence-electron chi connectivity index (χ4n) is 4.29. The molecule has 2 heterocycles.